The molecule has 25 heavy (non-hydrogen) atoms. The number of nitrogens with zero attached hydrogens (tertiary/aromatic N) is 5. The van der Waals surface area contributed by atoms with Crippen molar-refractivity contribution in [3.63, 3.8) is 0 Å². The highest BCUT2D eigenvalue weighted by Crippen LogP contribution is 2.47. The topological polar surface area (TPSA) is 88.4 Å². The molecule has 1 aliphatic carbocycles. The molecule has 1 atom stereocenters. The first kappa shape index (κ1) is 17.0. The van der Waals surface area contributed by atoms with Gasteiger partial charge in [-0.1, -0.05) is 13.3 Å². The summed E-state index contributed by atoms with van der Waals surface area (Å²) in [6.45, 7) is 4.29. The number of sulfonamides is 1. The van der Waals surface area contributed by atoms with Crippen molar-refractivity contribution in [2.45, 2.75) is 58.2 Å². The Bertz CT molecular complexity index is 799. The second kappa shape index (κ2) is 5.77. The van der Waals surface area contributed by atoms with Gasteiger partial charge in [-0.3, -0.25) is 4.79 Å². The zero-order valence-electron chi connectivity index (χ0n) is 14.8. The Balaban J connectivity index is 1.58. The summed E-state index contributed by atoms with van der Waals surface area (Å²) in [7, 11) is -3.28. The Morgan fingerprint density at radius 3 is 2.60 bits per heavy atom. The molecule has 2 aliphatic heterocycles. The Hall–Kier alpha value is -1.48. The second-order valence-corrected chi connectivity index (χ2v) is 9.73. The van der Waals surface area contributed by atoms with Gasteiger partial charge in [0.15, 0.2) is 11.6 Å². The summed E-state index contributed by atoms with van der Waals surface area (Å²) in [6, 6.07) is -0.242. The molecule has 0 N–H and O–H groups in total. The largest absolute Gasteiger partial charge is 0.333 e. The summed E-state index contributed by atoms with van der Waals surface area (Å²) in [5, 5.41) is 8.61. The fraction of sp³-hybridized carbons (Fsp3) is 0.812. The molecule has 1 saturated heterocycles. The summed E-state index contributed by atoms with van der Waals surface area (Å²) < 4.78 is 27.8. The number of piperidine rings is 1. The first-order chi connectivity index (χ1) is 11.8. The van der Waals surface area contributed by atoms with Crippen LogP contribution in [-0.2, 0) is 27.9 Å². The lowest BCUT2D eigenvalue weighted by atomic mass is 10.0. The number of aromatic nitrogens is 3. The van der Waals surface area contributed by atoms with Gasteiger partial charge in [-0.15, -0.1) is 10.2 Å². The van der Waals surface area contributed by atoms with Gasteiger partial charge >= 0.3 is 0 Å². The molecule has 9 heteroatoms. The second-order valence-electron chi connectivity index (χ2n) is 7.80. The molecule has 1 amide bonds. The monoisotopic (exact) mass is 367 g/mol. The predicted molar refractivity (Wildman–Crippen MR) is 90.9 cm³/mol. The maximum Gasteiger partial charge on any atom is 0.228 e. The van der Waals surface area contributed by atoms with E-state index in [1.54, 1.807) is 4.31 Å². The molecule has 138 valence electrons. The number of hydrogen-bond acceptors (Lipinski definition) is 5. The van der Waals surface area contributed by atoms with E-state index in [-0.39, 0.29) is 17.4 Å². The quantitative estimate of drug-likeness (QED) is 0.792. The maximum atomic E-state index is 12.6. The van der Waals surface area contributed by atoms with Gasteiger partial charge in [0.2, 0.25) is 15.9 Å². The van der Waals surface area contributed by atoms with E-state index >= 15 is 0 Å². The molecule has 1 unspecified atom stereocenters. The van der Waals surface area contributed by atoms with Crippen molar-refractivity contribution in [1.82, 2.24) is 24.0 Å². The van der Waals surface area contributed by atoms with Crippen LogP contribution in [0.2, 0.25) is 0 Å². The van der Waals surface area contributed by atoms with Gasteiger partial charge in [-0.25, -0.2) is 8.42 Å². The lowest BCUT2D eigenvalue weighted by molar-refractivity contribution is -0.138. The molecule has 2 fully saturated rings. The first-order valence-corrected chi connectivity index (χ1v) is 10.8. The molecule has 3 aliphatic rings. The van der Waals surface area contributed by atoms with Crippen LogP contribution in [0.5, 0.6) is 0 Å². The average Bonchev–Trinajstić information content (AvgIpc) is 3.20. The lowest BCUT2D eigenvalue weighted by Crippen LogP contribution is -2.43. The number of amides is 1. The SMILES string of the molecule is CC1(C(=O)N2CCn3c(nnc3C3CCCCN3S(C)(=O)=O)C2)CC1. The van der Waals surface area contributed by atoms with Crippen molar-refractivity contribution in [2.24, 2.45) is 5.41 Å². The van der Waals surface area contributed by atoms with Crippen LogP contribution in [0, 0.1) is 5.41 Å². The van der Waals surface area contributed by atoms with Gasteiger partial charge < -0.3 is 9.47 Å². The van der Waals surface area contributed by atoms with E-state index in [0.717, 1.165) is 43.8 Å². The molecular formula is C16H25N5O3S. The van der Waals surface area contributed by atoms with E-state index in [4.69, 9.17) is 0 Å². The predicted octanol–water partition coefficient (Wildman–Crippen LogP) is 0.907. The Labute approximate surface area is 148 Å². The van der Waals surface area contributed by atoms with Gasteiger partial charge in [0.25, 0.3) is 0 Å². The van der Waals surface area contributed by atoms with E-state index in [0.29, 0.717) is 26.2 Å². The molecular weight excluding hydrogens is 342 g/mol. The third-order valence-electron chi connectivity index (χ3n) is 5.76. The highest BCUT2D eigenvalue weighted by molar-refractivity contribution is 7.88. The minimum Gasteiger partial charge on any atom is -0.333 e. The van der Waals surface area contributed by atoms with Crippen molar-refractivity contribution in [2.75, 3.05) is 19.3 Å². The normalized spacial score (nSPS) is 26.3. The number of carbonyl (C=O) groups is 1. The van der Waals surface area contributed by atoms with Gasteiger partial charge in [-0.2, -0.15) is 4.31 Å². The fourth-order valence-corrected chi connectivity index (χ4v) is 5.07. The molecule has 0 radical (unpaired) electrons. The summed E-state index contributed by atoms with van der Waals surface area (Å²) in [6.07, 6.45) is 5.83. The number of carbonyl (C=O) groups excluding carboxylic acids is 1. The summed E-state index contributed by atoms with van der Waals surface area (Å²) >= 11 is 0. The smallest absolute Gasteiger partial charge is 0.228 e. The van der Waals surface area contributed by atoms with Crippen LogP contribution in [0.15, 0.2) is 0 Å². The third kappa shape index (κ3) is 2.97. The summed E-state index contributed by atoms with van der Waals surface area (Å²) in [5.41, 5.74) is -0.179. The van der Waals surface area contributed by atoms with Crippen molar-refractivity contribution in [1.29, 1.82) is 0 Å². The number of fused-ring (bicyclic) bond motifs is 1. The molecule has 0 aromatic carbocycles. The first-order valence-electron chi connectivity index (χ1n) is 8.98. The maximum absolute atomic E-state index is 12.6. The standard InChI is InChI=1S/C16H25N5O3S/c1-16(6-7-16)15(22)19-9-10-20-13(11-19)17-18-14(20)12-5-3-4-8-21(12)25(2,23)24/h12H,3-11H2,1-2H3. The lowest BCUT2D eigenvalue weighted by Gasteiger charge is -2.35. The Kier molecular flexibility index (Phi) is 3.91. The highest BCUT2D eigenvalue weighted by atomic mass is 32.2. The van der Waals surface area contributed by atoms with Gasteiger partial charge in [-0.05, 0) is 25.7 Å². The molecule has 0 bridgehead atoms. The fourth-order valence-electron chi connectivity index (χ4n) is 3.94. The van der Waals surface area contributed by atoms with Crippen LogP contribution < -0.4 is 0 Å². The van der Waals surface area contributed by atoms with Crippen LogP contribution in [0.1, 0.15) is 56.7 Å². The van der Waals surface area contributed by atoms with Crippen molar-refractivity contribution in [3.05, 3.63) is 11.6 Å². The van der Waals surface area contributed by atoms with Crippen LogP contribution in [0.3, 0.4) is 0 Å². The van der Waals surface area contributed by atoms with Crippen molar-refractivity contribution < 1.29 is 13.2 Å². The van der Waals surface area contributed by atoms with E-state index in [1.807, 2.05) is 16.4 Å². The van der Waals surface area contributed by atoms with Crippen molar-refractivity contribution >= 4 is 15.9 Å². The zero-order valence-corrected chi connectivity index (χ0v) is 15.6. The molecule has 1 saturated carbocycles. The average molecular weight is 367 g/mol. The highest BCUT2D eigenvalue weighted by Gasteiger charge is 2.48. The van der Waals surface area contributed by atoms with E-state index < -0.39 is 10.0 Å². The number of hydrogen-bond donors (Lipinski definition) is 0. The van der Waals surface area contributed by atoms with Gasteiger partial charge in [0, 0.05) is 25.0 Å². The van der Waals surface area contributed by atoms with Crippen LogP contribution in [-0.4, -0.2) is 57.6 Å². The van der Waals surface area contributed by atoms with Gasteiger partial charge in [0.05, 0.1) is 18.8 Å². The molecule has 1 aromatic heterocycles. The van der Waals surface area contributed by atoms with E-state index in [9.17, 15) is 13.2 Å². The molecule has 4 rings (SSSR count). The summed E-state index contributed by atoms with van der Waals surface area (Å²) in [5.74, 6) is 1.70. The Morgan fingerprint density at radius 1 is 1.16 bits per heavy atom. The zero-order chi connectivity index (χ0) is 17.8. The molecule has 3 heterocycles. The van der Waals surface area contributed by atoms with E-state index in [2.05, 4.69) is 10.2 Å². The Morgan fingerprint density at radius 2 is 1.92 bits per heavy atom. The summed E-state index contributed by atoms with van der Waals surface area (Å²) in [4.78, 5) is 14.4. The van der Waals surface area contributed by atoms with Crippen LogP contribution in [0.25, 0.3) is 0 Å². The van der Waals surface area contributed by atoms with Crippen LogP contribution in [0.4, 0.5) is 0 Å². The van der Waals surface area contributed by atoms with E-state index in [1.165, 1.54) is 6.26 Å². The van der Waals surface area contributed by atoms with Crippen molar-refractivity contribution in [3.8, 4) is 0 Å². The third-order valence-corrected chi connectivity index (χ3v) is 7.05. The molecule has 8 nitrogen and oxygen atoms in total. The molecule has 0 spiro atoms. The molecule has 1 aromatic rings. The van der Waals surface area contributed by atoms with Gasteiger partial charge in [0.1, 0.15) is 0 Å². The number of rotatable bonds is 3. The minimum absolute atomic E-state index is 0.179. The van der Waals surface area contributed by atoms with Crippen LogP contribution >= 0.6 is 0 Å². The minimum atomic E-state index is -3.28.